The van der Waals surface area contributed by atoms with Crippen molar-refractivity contribution in [2.75, 3.05) is 7.11 Å². The van der Waals surface area contributed by atoms with E-state index in [0.717, 1.165) is 0 Å². The lowest BCUT2D eigenvalue weighted by molar-refractivity contribution is -0.257. The van der Waals surface area contributed by atoms with E-state index in [2.05, 4.69) is 0 Å². The van der Waals surface area contributed by atoms with Crippen molar-refractivity contribution in [3.63, 3.8) is 0 Å². The van der Waals surface area contributed by atoms with E-state index in [-0.39, 0.29) is 16.7 Å². The molecular weight excluding hydrogens is 498 g/mol. The third-order valence-electron chi connectivity index (χ3n) is 7.98. The van der Waals surface area contributed by atoms with Crippen LogP contribution in [0.2, 0.25) is 0 Å². The molecule has 2 aromatic rings. The molecule has 1 aliphatic heterocycles. The van der Waals surface area contributed by atoms with Gasteiger partial charge in [0.15, 0.2) is 0 Å². The van der Waals surface area contributed by atoms with Crippen LogP contribution in [0.4, 0.5) is 26.3 Å². The summed E-state index contributed by atoms with van der Waals surface area (Å²) < 4.78 is 95.8. The molecule has 0 radical (unpaired) electrons. The summed E-state index contributed by atoms with van der Waals surface area (Å²) in [5.41, 5.74) is -2.77. The first-order valence-corrected chi connectivity index (χ1v) is 12.1. The van der Waals surface area contributed by atoms with Crippen LogP contribution in [0.1, 0.15) is 30.5 Å². The Kier molecular flexibility index (Phi) is 4.51. The summed E-state index contributed by atoms with van der Waals surface area (Å²) in [6.45, 7) is 3.34. The van der Waals surface area contributed by atoms with E-state index in [1.807, 2.05) is 0 Å². The van der Waals surface area contributed by atoms with Gasteiger partial charge in [0.25, 0.3) is 0 Å². The van der Waals surface area contributed by atoms with E-state index in [4.69, 9.17) is 4.74 Å². The second-order valence-corrected chi connectivity index (χ2v) is 11.2. The third kappa shape index (κ3) is 2.51. The summed E-state index contributed by atoms with van der Waals surface area (Å²) in [6, 6.07) is 13.4. The van der Waals surface area contributed by atoms with Gasteiger partial charge in [0, 0.05) is 21.5 Å². The monoisotopic (exact) mass is 518 g/mol. The fourth-order valence-corrected chi connectivity index (χ4v) is 7.40. The molecule has 1 fully saturated rings. The van der Waals surface area contributed by atoms with Gasteiger partial charge in [0.05, 0.1) is 11.9 Å². The molecule has 6 rings (SSSR count). The SMILES string of the molecule is COc1cccc(C2=CC3=C4C(=C5c6ccccc6C=CC5(C)C3(C)S2)C(F)(F)C(F)(F)C4(F)F)c1. The molecule has 186 valence electrons. The van der Waals surface area contributed by atoms with Gasteiger partial charge in [-0.05, 0) is 53.0 Å². The molecule has 3 aliphatic carbocycles. The quantitative estimate of drug-likeness (QED) is 0.370. The summed E-state index contributed by atoms with van der Waals surface area (Å²) in [5, 5.41) is 0. The predicted octanol–water partition coefficient (Wildman–Crippen LogP) is 8.26. The number of hydrogen-bond acceptors (Lipinski definition) is 2. The second kappa shape index (κ2) is 6.91. The zero-order valence-corrected chi connectivity index (χ0v) is 20.3. The van der Waals surface area contributed by atoms with Gasteiger partial charge in [-0.3, -0.25) is 0 Å². The highest BCUT2D eigenvalue weighted by atomic mass is 32.2. The van der Waals surface area contributed by atoms with Crippen LogP contribution in [0.3, 0.4) is 0 Å². The van der Waals surface area contributed by atoms with Crippen LogP contribution in [0.5, 0.6) is 5.75 Å². The highest BCUT2D eigenvalue weighted by molar-refractivity contribution is 8.10. The highest BCUT2D eigenvalue weighted by Gasteiger charge is 2.84. The maximum Gasteiger partial charge on any atom is 0.380 e. The Morgan fingerprint density at radius 1 is 0.806 bits per heavy atom. The number of hydrogen-bond donors (Lipinski definition) is 0. The molecule has 1 nitrogen and oxygen atoms in total. The zero-order chi connectivity index (χ0) is 25.9. The van der Waals surface area contributed by atoms with Gasteiger partial charge in [-0.2, -0.15) is 26.3 Å². The molecule has 1 saturated carbocycles. The molecular formula is C28H20F6OS. The number of benzene rings is 2. The van der Waals surface area contributed by atoms with E-state index in [1.54, 1.807) is 68.5 Å². The number of rotatable bonds is 2. The first-order valence-electron chi connectivity index (χ1n) is 11.3. The third-order valence-corrected chi connectivity index (χ3v) is 9.61. The normalized spacial score (nSPS) is 30.4. The van der Waals surface area contributed by atoms with Crippen LogP contribution in [-0.4, -0.2) is 29.6 Å². The minimum absolute atomic E-state index is 0.170. The Morgan fingerprint density at radius 3 is 2.22 bits per heavy atom. The van der Waals surface area contributed by atoms with Gasteiger partial charge in [-0.25, -0.2) is 0 Å². The molecule has 2 aromatic carbocycles. The number of halogens is 6. The molecule has 0 spiro atoms. The van der Waals surface area contributed by atoms with Gasteiger partial charge in [-0.15, -0.1) is 11.8 Å². The minimum Gasteiger partial charge on any atom is -0.497 e. The maximum absolute atomic E-state index is 15.5. The van der Waals surface area contributed by atoms with Crippen LogP contribution >= 0.6 is 11.8 Å². The lowest BCUT2D eigenvalue weighted by Gasteiger charge is -2.50. The van der Waals surface area contributed by atoms with Crippen molar-refractivity contribution in [2.45, 2.75) is 36.4 Å². The molecule has 1 heterocycles. The highest BCUT2D eigenvalue weighted by Crippen LogP contribution is 2.75. The van der Waals surface area contributed by atoms with Crippen molar-refractivity contribution in [2.24, 2.45) is 5.41 Å². The topological polar surface area (TPSA) is 9.23 Å². The largest absolute Gasteiger partial charge is 0.497 e. The van der Waals surface area contributed by atoms with E-state index in [1.165, 1.54) is 31.0 Å². The molecule has 2 atom stereocenters. The average Bonchev–Trinajstić information content (AvgIpc) is 3.25. The molecule has 36 heavy (non-hydrogen) atoms. The summed E-state index contributed by atoms with van der Waals surface area (Å²) in [4.78, 5) is 0.516. The molecule has 8 heteroatoms. The maximum atomic E-state index is 15.5. The number of methoxy groups -OCH3 is 1. The first-order chi connectivity index (χ1) is 16.8. The van der Waals surface area contributed by atoms with E-state index in [9.17, 15) is 8.78 Å². The summed E-state index contributed by atoms with van der Waals surface area (Å²) in [6.07, 6.45) is 4.81. The lowest BCUT2D eigenvalue weighted by Crippen LogP contribution is -2.47. The number of allylic oxidation sites excluding steroid dienone is 5. The predicted molar refractivity (Wildman–Crippen MR) is 129 cm³/mol. The fraction of sp³-hybridized carbons (Fsp3) is 0.286. The van der Waals surface area contributed by atoms with Gasteiger partial charge in [-0.1, -0.05) is 55.5 Å². The molecule has 0 N–H and O–H groups in total. The number of ether oxygens (including phenoxy) is 1. The molecule has 0 aromatic heterocycles. The van der Waals surface area contributed by atoms with Crippen LogP contribution in [-0.2, 0) is 0 Å². The Labute approximate surface area is 208 Å². The van der Waals surface area contributed by atoms with Crippen molar-refractivity contribution >= 4 is 28.3 Å². The van der Waals surface area contributed by atoms with Gasteiger partial charge < -0.3 is 4.74 Å². The van der Waals surface area contributed by atoms with Crippen LogP contribution in [0, 0.1) is 5.41 Å². The average molecular weight is 519 g/mol. The van der Waals surface area contributed by atoms with Crippen molar-refractivity contribution < 1.29 is 31.1 Å². The van der Waals surface area contributed by atoms with Crippen molar-refractivity contribution in [3.05, 3.63) is 94.1 Å². The van der Waals surface area contributed by atoms with Crippen LogP contribution in [0.15, 0.2) is 77.4 Å². The standard InChI is InChI=1S/C28H20F6OS/c1-24-12-11-15-7-4-5-10-18(15)21(24)23-22(26(29,30)28(33,34)27(23,31)32)19-14-20(36-25(19,24)2)16-8-6-9-17(13-16)35-3/h4-14H,1-3H3. The van der Waals surface area contributed by atoms with E-state index < -0.39 is 39.1 Å². The summed E-state index contributed by atoms with van der Waals surface area (Å²) >= 11 is 1.22. The fourth-order valence-electron chi connectivity index (χ4n) is 5.88. The Balaban J connectivity index is 1.74. The second-order valence-electron chi connectivity index (χ2n) is 9.76. The van der Waals surface area contributed by atoms with Crippen LogP contribution < -0.4 is 4.74 Å². The minimum atomic E-state index is -5.58. The van der Waals surface area contributed by atoms with E-state index in [0.29, 0.717) is 21.8 Å². The van der Waals surface area contributed by atoms with Crippen molar-refractivity contribution in [1.82, 2.24) is 0 Å². The number of fused-ring (bicyclic) bond motifs is 6. The zero-order valence-electron chi connectivity index (χ0n) is 19.4. The van der Waals surface area contributed by atoms with E-state index >= 15 is 17.6 Å². The number of alkyl halides is 6. The molecule has 4 aliphatic rings. The molecule has 0 amide bonds. The Hall–Kier alpha value is -2.87. The first kappa shape index (κ1) is 23.5. The Morgan fingerprint density at radius 2 is 1.50 bits per heavy atom. The summed E-state index contributed by atoms with van der Waals surface area (Å²) in [7, 11) is 1.48. The summed E-state index contributed by atoms with van der Waals surface area (Å²) in [5.74, 6) is -15.2. The van der Waals surface area contributed by atoms with Crippen LogP contribution in [0.25, 0.3) is 16.6 Å². The lowest BCUT2D eigenvalue weighted by atomic mass is 9.58. The Bertz CT molecular complexity index is 1470. The van der Waals surface area contributed by atoms with Crippen molar-refractivity contribution in [3.8, 4) is 5.75 Å². The smallest absolute Gasteiger partial charge is 0.380 e. The molecule has 0 bridgehead atoms. The molecule has 2 unspecified atom stereocenters. The van der Waals surface area contributed by atoms with Gasteiger partial charge in [0.2, 0.25) is 0 Å². The van der Waals surface area contributed by atoms with Gasteiger partial charge in [0.1, 0.15) is 5.75 Å². The number of thioether (sulfide) groups is 1. The van der Waals surface area contributed by atoms with Crippen molar-refractivity contribution in [1.29, 1.82) is 0 Å². The molecule has 0 saturated heterocycles. The van der Waals surface area contributed by atoms with Gasteiger partial charge >= 0.3 is 17.8 Å².